The number of hydrogen-bond acceptors (Lipinski definition) is 4. The first-order valence-corrected chi connectivity index (χ1v) is 7.15. The van der Waals surface area contributed by atoms with E-state index in [1.54, 1.807) is 6.07 Å². The van der Waals surface area contributed by atoms with E-state index in [1.165, 1.54) is 0 Å². The number of hydrogen-bond donors (Lipinski definition) is 2. The lowest BCUT2D eigenvalue weighted by molar-refractivity contribution is 0.172. The second-order valence-electron chi connectivity index (χ2n) is 4.67. The molecule has 104 valence electrons. The van der Waals surface area contributed by atoms with Gasteiger partial charge in [0.25, 0.3) is 0 Å². The first kappa shape index (κ1) is 13.1. The van der Waals surface area contributed by atoms with Crippen molar-refractivity contribution in [2.75, 3.05) is 24.3 Å². The Balaban J connectivity index is 1.96. The van der Waals surface area contributed by atoms with Crippen LogP contribution in [0, 0.1) is 6.92 Å². The molecule has 0 bridgehead atoms. The lowest BCUT2D eigenvalue weighted by Crippen LogP contribution is -2.15. The fourth-order valence-electron chi connectivity index (χ4n) is 2.09. The zero-order valence-corrected chi connectivity index (χ0v) is 12.7. The van der Waals surface area contributed by atoms with Crippen molar-refractivity contribution in [1.29, 1.82) is 0 Å². The van der Waals surface area contributed by atoms with Gasteiger partial charge in [-0.15, -0.1) is 0 Å². The van der Waals surface area contributed by atoms with E-state index in [-0.39, 0.29) is 0 Å². The average Bonchev–Trinajstić information content (AvgIpc) is 2.43. The van der Waals surface area contributed by atoms with Gasteiger partial charge in [-0.25, -0.2) is 0 Å². The highest BCUT2D eigenvalue weighted by molar-refractivity contribution is 9.10. The summed E-state index contributed by atoms with van der Waals surface area (Å²) in [5, 5.41) is 3.34. The monoisotopic (exact) mass is 334 g/mol. The molecule has 2 aromatic carbocycles. The van der Waals surface area contributed by atoms with Crippen molar-refractivity contribution < 1.29 is 9.47 Å². The normalized spacial score (nSPS) is 13.1. The summed E-state index contributed by atoms with van der Waals surface area (Å²) in [6.45, 7) is 3.17. The summed E-state index contributed by atoms with van der Waals surface area (Å²) < 4.78 is 12.1. The number of halogens is 1. The lowest BCUT2D eigenvalue weighted by Gasteiger charge is -2.21. The predicted octanol–water partition coefficient (Wildman–Crippen LogP) is 3.85. The first-order valence-electron chi connectivity index (χ1n) is 6.36. The summed E-state index contributed by atoms with van der Waals surface area (Å²) in [7, 11) is 0. The van der Waals surface area contributed by atoms with Gasteiger partial charge in [-0.2, -0.15) is 0 Å². The summed E-state index contributed by atoms with van der Waals surface area (Å²) in [5.74, 6) is 1.42. The molecule has 0 saturated carbocycles. The smallest absolute Gasteiger partial charge is 0.163 e. The van der Waals surface area contributed by atoms with Crippen molar-refractivity contribution in [3.05, 3.63) is 40.4 Å². The molecule has 1 aliphatic rings. The summed E-state index contributed by atoms with van der Waals surface area (Å²) in [5.41, 5.74) is 9.66. The number of nitrogen functional groups attached to an aromatic ring is 1. The number of nitrogens with one attached hydrogen (secondary N) is 1. The van der Waals surface area contributed by atoms with E-state index < -0.39 is 0 Å². The molecule has 4 nitrogen and oxygen atoms in total. The standard InChI is InChI=1S/C15H15BrN2O2/c1-9-2-3-10(16)6-12(9)18-13-8-15-14(7-11(13)17)19-4-5-20-15/h2-3,6-8,18H,4-5,17H2,1H3. The van der Waals surface area contributed by atoms with Crippen molar-refractivity contribution in [1.82, 2.24) is 0 Å². The Kier molecular flexibility index (Phi) is 3.44. The Labute approximate surface area is 126 Å². The number of aryl methyl sites for hydroxylation is 1. The van der Waals surface area contributed by atoms with Crippen LogP contribution in [0.5, 0.6) is 11.5 Å². The molecule has 0 atom stereocenters. The maximum atomic E-state index is 6.07. The van der Waals surface area contributed by atoms with Crippen molar-refractivity contribution in [2.24, 2.45) is 0 Å². The molecule has 0 fully saturated rings. The van der Waals surface area contributed by atoms with Crippen molar-refractivity contribution in [3.8, 4) is 11.5 Å². The maximum absolute atomic E-state index is 6.07. The highest BCUT2D eigenvalue weighted by atomic mass is 79.9. The van der Waals surface area contributed by atoms with Gasteiger partial charge in [-0.05, 0) is 24.6 Å². The molecule has 0 spiro atoms. The number of anilines is 3. The summed E-state index contributed by atoms with van der Waals surface area (Å²) in [6, 6.07) is 9.74. The van der Waals surface area contributed by atoms with Crippen LogP contribution in [0.3, 0.4) is 0 Å². The van der Waals surface area contributed by atoms with Crippen LogP contribution in [0.2, 0.25) is 0 Å². The molecule has 5 heteroatoms. The minimum atomic E-state index is 0.559. The number of nitrogens with two attached hydrogens (primary N) is 1. The largest absolute Gasteiger partial charge is 0.486 e. The van der Waals surface area contributed by atoms with E-state index in [0.29, 0.717) is 24.7 Å². The number of fused-ring (bicyclic) bond motifs is 1. The second kappa shape index (κ2) is 5.25. The molecular formula is C15H15BrN2O2. The lowest BCUT2D eigenvalue weighted by atomic mass is 10.1. The van der Waals surface area contributed by atoms with Crippen LogP contribution in [0.4, 0.5) is 17.1 Å². The minimum absolute atomic E-state index is 0.559. The third-order valence-electron chi connectivity index (χ3n) is 3.18. The fraction of sp³-hybridized carbons (Fsp3) is 0.200. The summed E-state index contributed by atoms with van der Waals surface area (Å²) in [4.78, 5) is 0. The Morgan fingerprint density at radius 1 is 1.05 bits per heavy atom. The Morgan fingerprint density at radius 3 is 2.50 bits per heavy atom. The van der Waals surface area contributed by atoms with Gasteiger partial charge in [0.15, 0.2) is 11.5 Å². The van der Waals surface area contributed by atoms with Gasteiger partial charge in [0, 0.05) is 22.3 Å². The van der Waals surface area contributed by atoms with Crippen LogP contribution >= 0.6 is 15.9 Å². The summed E-state index contributed by atoms with van der Waals surface area (Å²) in [6.07, 6.45) is 0. The van der Waals surface area contributed by atoms with Gasteiger partial charge in [0.1, 0.15) is 13.2 Å². The topological polar surface area (TPSA) is 56.5 Å². The number of rotatable bonds is 2. The molecule has 1 heterocycles. The van der Waals surface area contributed by atoms with Crippen LogP contribution in [0.1, 0.15) is 5.56 Å². The zero-order valence-electron chi connectivity index (χ0n) is 11.1. The zero-order chi connectivity index (χ0) is 14.1. The van der Waals surface area contributed by atoms with E-state index in [4.69, 9.17) is 15.2 Å². The van der Waals surface area contributed by atoms with Crippen molar-refractivity contribution in [2.45, 2.75) is 6.92 Å². The van der Waals surface area contributed by atoms with Gasteiger partial charge in [-0.1, -0.05) is 22.0 Å². The quantitative estimate of drug-likeness (QED) is 0.819. The van der Waals surface area contributed by atoms with Crippen LogP contribution in [-0.2, 0) is 0 Å². The molecule has 0 aliphatic carbocycles. The van der Waals surface area contributed by atoms with Crippen molar-refractivity contribution in [3.63, 3.8) is 0 Å². The molecule has 0 radical (unpaired) electrons. The second-order valence-corrected chi connectivity index (χ2v) is 5.58. The van der Waals surface area contributed by atoms with Gasteiger partial charge in [-0.3, -0.25) is 0 Å². The molecular weight excluding hydrogens is 320 g/mol. The van der Waals surface area contributed by atoms with E-state index in [9.17, 15) is 0 Å². The van der Waals surface area contributed by atoms with E-state index in [0.717, 1.165) is 27.2 Å². The Morgan fingerprint density at radius 2 is 1.75 bits per heavy atom. The van der Waals surface area contributed by atoms with E-state index >= 15 is 0 Å². The molecule has 0 aromatic heterocycles. The van der Waals surface area contributed by atoms with Gasteiger partial charge < -0.3 is 20.5 Å². The van der Waals surface area contributed by atoms with Crippen LogP contribution in [0.15, 0.2) is 34.8 Å². The SMILES string of the molecule is Cc1ccc(Br)cc1Nc1cc2c(cc1N)OCCO2. The van der Waals surface area contributed by atoms with E-state index in [2.05, 4.69) is 21.2 Å². The molecule has 0 saturated heterocycles. The fourth-order valence-corrected chi connectivity index (χ4v) is 2.45. The minimum Gasteiger partial charge on any atom is -0.486 e. The molecule has 2 aromatic rings. The molecule has 0 amide bonds. The van der Waals surface area contributed by atoms with Gasteiger partial charge >= 0.3 is 0 Å². The van der Waals surface area contributed by atoms with Crippen LogP contribution < -0.4 is 20.5 Å². The van der Waals surface area contributed by atoms with Gasteiger partial charge in [0.05, 0.1) is 11.4 Å². The molecule has 3 rings (SSSR count). The van der Waals surface area contributed by atoms with Crippen LogP contribution in [0.25, 0.3) is 0 Å². The van der Waals surface area contributed by atoms with Gasteiger partial charge in [0.2, 0.25) is 0 Å². The summed E-state index contributed by atoms with van der Waals surface area (Å²) >= 11 is 3.47. The van der Waals surface area contributed by atoms with Crippen molar-refractivity contribution >= 4 is 33.0 Å². The highest BCUT2D eigenvalue weighted by Crippen LogP contribution is 2.38. The highest BCUT2D eigenvalue weighted by Gasteiger charge is 2.15. The third kappa shape index (κ3) is 2.54. The van der Waals surface area contributed by atoms with Crippen LogP contribution in [-0.4, -0.2) is 13.2 Å². The molecule has 3 N–H and O–H groups in total. The number of ether oxygens (including phenoxy) is 2. The molecule has 1 aliphatic heterocycles. The first-order chi connectivity index (χ1) is 9.63. The maximum Gasteiger partial charge on any atom is 0.163 e. The third-order valence-corrected chi connectivity index (χ3v) is 3.68. The Bertz CT molecular complexity index is 659. The predicted molar refractivity (Wildman–Crippen MR) is 84.0 cm³/mol. The molecule has 0 unspecified atom stereocenters. The molecule has 20 heavy (non-hydrogen) atoms. The average molecular weight is 335 g/mol. The number of benzene rings is 2. The Hall–Kier alpha value is -1.88. The van der Waals surface area contributed by atoms with E-state index in [1.807, 2.05) is 31.2 Å².